The van der Waals surface area contributed by atoms with Crippen molar-refractivity contribution in [2.45, 2.75) is 39.2 Å². The molecule has 0 bridgehead atoms. The van der Waals surface area contributed by atoms with Crippen LogP contribution in [0.1, 0.15) is 33.6 Å². The van der Waals surface area contributed by atoms with Gasteiger partial charge in [0, 0.05) is 18.4 Å². The van der Waals surface area contributed by atoms with E-state index >= 15 is 0 Å². The van der Waals surface area contributed by atoms with E-state index in [9.17, 15) is 4.79 Å². The van der Waals surface area contributed by atoms with Gasteiger partial charge in [-0.3, -0.25) is 4.79 Å². The minimum atomic E-state index is -0.483. The third-order valence-corrected chi connectivity index (χ3v) is 3.97. The molecule has 18 heteroatoms. The number of hydrogen-bond acceptors (Lipinski definition) is 17. The summed E-state index contributed by atoms with van der Waals surface area (Å²) in [4.78, 5) is 11.5. The van der Waals surface area contributed by atoms with Crippen molar-refractivity contribution in [2.75, 3.05) is 114 Å². The summed E-state index contributed by atoms with van der Waals surface area (Å²) in [6.07, 6.45) is 0.831. The predicted octanol–water partition coefficient (Wildman–Crippen LogP) is 2.16. The van der Waals surface area contributed by atoms with Gasteiger partial charge in [0.2, 0.25) is 0 Å². The molecule has 0 fully saturated rings. The van der Waals surface area contributed by atoms with E-state index in [1.165, 1.54) is 0 Å². The molecule has 0 N–H and O–H groups in total. The van der Waals surface area contributed by atoms with Gasteiger partial charge in [0.15, 0.2) is 81.5 Å². The van der Waals surface area contributed by atoms with Gasteiger partial charge in [-0.1, -0.05) is 15.9 Å². The first-order valence-corrected chi connectivity index (χ1v) is 14.0. The van der Waals surface area contributed by atoms with Gasteiger partial charge in [-0.15, -0.1) is 0 Å². The van der Waals surface area contributed by atoms with Crippen molar-refractivity contribution < 1.29 is 80.6 Å². The van der Waals surface area contributed by atoms with Crippen LogP contribution in [0.5, 0.6) is 0 Å². The van der Waals surface area contributed by atoms with Crippen molar-refractivity contribution >= 4 is 21.9 Å². The molecule has 0 rings (SSSR count). The van der Waals surface area contributed by atoms with Crippen LogP contribution < -0.4 is 0 Å². The Bertz CT molecular complexity index is 556. The summed E-state index contributed by atoms with van der Waals surface area (Å²) in [5, 5.41) is 0.745. The highest BCUT2D eigenvalue weighted by atomic mass is 79.9. The molecule has 0 aromatic rings. The van der Waals surface area contributed by atoms with E-state index in [4.69, 9.17) is 75.8 Å². The smallest absolute Gasteiger partial charge is 0.306 e. The average Bonchev–Trinajstić information content (AvgIpc) is 2.94. The lowest BCUT2D eigenvalue weighted by atomic mass is 10.2. The Morgan fingerprint density at radius 2 is 0.714 bits per heavy atom. The number of rotatable bonds is 34. The number of carbonyl (C=O) groups excluding carboxylic acids is 1. The van der Waals surface area contributed by atoms with Crippen LogP contribution in [-0.2, 0) is 80.6 Å². The minimum Gasteiger partial charge on any atom is -0.460 e. The maximum atomic E-state index is 11.5. The number of hydrogen-bond donors (Lipinski definition) is 0. The van der Waals surface area contributed by atoms with Crippen LogP contribution in [0.15, 0.2) is 0 Å². The maximum Gasteiger partial charge on any atom is 0.306 e. The van der Waals surface area contributed by atoms with E-state index in [0.29, 0.717) is 19.6 Å². The molecule has 0 saturated carbocycles. The summed E-state index contributed by atoms with van der Waals surface area (Å²) in [6, 6.07) is 0. The van der Waals surface area contributed by atoms with E-state index in [-0.39, 0.29) is 107 Å². The molecule has 0 atom stereocenters. The van der Waals surface area contributed by atoms with Gasteiger partial charge in [-0.05, 0) is 27.2 Å². The zero-order valence-electron chi connectivity index (χ0n) is 24.8. The second-order valence-electron chi connectivity index (χ2n) is 8.50. The van der Waals surface area contributed by atoms with Gasteiger partial charge >= 0.3 is 5.97 Å². The van der Waals surface area contributed by atoms with E-state index in [0.717, 1.165) is 5.33 Å². The SMILES string of the molecule is CC(C)(C)OC(=O)CCCOCOCOCOCOCOCOCOCOCOCOCOCOCOCOCCBr. The fraction of sp³-hybridized carbons (Fsp3) is 0.958. The normalized spacial score (nSPS) is 11.8. The van der Waals surface area contributed by atoms with Gasteiger partial charge in [-0.2, -0.15) is 0 Å². The largest absolute Gasteiger partial charge is 0.460 e. The molecule has 0 heterocycles. The molecule has 0 unspecified atom stereocenters. The summed E-state index contributed by atoms with van der Waals surface area (Å²) in [7, 11) is 0. The highest BCUT2D eigenvalue weighted by Crippen LogP contribution is 2.09. The average molecular weight is 688 g/mol. The highest BCUT2D eigenvalue weighted by molar-refractivity contribution is 9.09. The third-order valence-electron chi connectivity index (χ3n) is 3.64. The maximum absolute atomic E-state index is 11.5. The van der Waals surface area contributed by atoms with Gasteiger partial charge in [0.05, 0.1) is 6.61 Å². The van der Waals surface area contributed by atoms with Gasteiger partial charge in [0.1, 0.15) is 19.2 Å². The Balaban J connectivity index is 3.09. The van der Waals surface area contributed by atoms with Gasteiger partial charge < -0.3 is 75.8 Å². The predicted molar refractivity (Wildman–Crippen MR) is 143 cm³/mol. The van der Waals surface area contributed by atoms with Crippen molar-refractivity contribution in [3.05, 3.63) is 0 Å². The van der Waals surface area contributed by atoms with Crippen molar-refractivity contribution in [3.63, 3.8) is 0 Å². The molecule has 0 aromatic heterocycles. The van der Waals surface area contributed by atoms with E-state index < -0.39 is 5.60 Å². The summed E-state index contributed by atoms with van der Waals surface area (Å²) in [5.41, 5.74) is -0.483. The van der Waals surface area contributed by atoms with Crippen LogP contribution in [-0.4, -0.2) is 125 Å². The van der Waals surface area contributed by atoms with Crippen LogP contribution in [0.4, 0.5) is 0 Å². The summed E-state index contributed by atoms with van der Waals surface area (Å²) < 4.78 is 81.3. The molecule has 0 aliphatic carbocycles. The lowest BCUT2D eigenvalue weighted by Gasteiger charge is -2.19. The Hall–Kier alpha value is -0.650. The Morgan fingerprint density at radius 1 is 0.452 bits per heavy atom. The zero-order valence-corrected chi connectivity index (χ0v) is 26.3. The summed E-state index contributed by atoms with van der Waals surface area (Å²) in [5.74, 6) is -0.255. The van der Waals surface area contributed by atoms with E-state index in [2.05, 4.69) is 15.9 Å². The Labute approximate surface area is 255 Å². The molecule has 0 aromatic carbocycles. The van der Waals surface area contributed by atoms with Crippen molar-refractivity contribution in [2.24, 2.45) is 0 Å². The second-order valence-corrected chi connectivity index (χ2v) is 9.29. The number of alkyl halides is 1. The molecule has 0 aliphatic heterocycles. The number of halogens is 1. The van der Waals surface area contributed by atoms with Crippen LogP contribution >= 0.6 is 15.9 Å². The van der Waals surface area contributed by atoms with Crippen molar-refractivity contribution in [1.29, 1.82) is 0 Å². The molecule has 42 heavy (non-hydrogen) atoms. The minimum absolute atomic E-state index is 0.0111. The van der Waals surface area contributed by atoms with E-state index in [1.54, 1.807) is 0 Å². The quantitative estimate of drug-likeness (QED) is 0.0418. The van der Waals surface area contributed by atoms with Crippen molar-refractivity contribution in [1.82, 2.24) is 0 Å². The van der Waals surface area contributed by atoms with Crippen LogP contribution in [0, 0.1) is 0 Å². The standard InChI is InChI=1S/C24H47BrO17/c1-24(2,3)42-23(26)5-4-7-27-9-29-11-31-13-33-15-35-17-37-19-39-21-41-22-40-20-38-18-36-16-34-14-32-12-30-10-28-8-6-25/h4-22H2,1-3H3. The van der Waals surface area contributed by atoms with E-state index in [1.807, 2.05) is 20.8 Å². The first-order chi connectivity index (χ1) is 20.5. The molecule has 0 aliphatic rings. The topological polar surface area (TPSA) is 165 Å². The number of carbonyl (C=O) groups is 1. The van der Waals surface area contributed by atoms with Gasteiger partial charge in [0.25, 0.3) is 0 Å². The van der Waals surface area contributed by atoms with Gasteiger partial charge in [-0.25, -0.2) is 0 Å². The first kappa shape index (κ1) is 41.4. The number of ether oxygens (including phenoxy) is 16. The fourth-order valence-corrected chi connectivity index (χ4v) is 2.38. The molecule has 252 valence electrons. The van der Waals surface area contributed by atoms with Crippen LogP contribution in [0.3, 0.4) is 0 Å². The lowest BCUT2D eigenvalue weighted by Crippen LogP contribution is -2.23. The Morgan fingerprint density at radius 3 is 0.976 bits per heavy atom. The Kier molecular flexibility index (Phi) is 32.7. The summed E-state index contributed by atoms with van der Waals surface area (Å²) in [6.45, 7) is 6.31. The summed E-state index contributed by atoms with van der Waals surface area (Å²) >= 11 is 3.23. The molecule has 0 radical (unpaired) electrons. The van der Waals surface area contributed by atoms with Crippen molar-refractivity contribution in [3.8, 4) is 0 Å². The third kappa shape index (κ3) is 37.4. The van der Waals surface area contributed by atoms with Crippen LogP contribution in [0.2, 0.25) is 0 Å². The zero-order chi connectivity index (χ0) is 30.8. The molecular weight excluding hydrogens is 640 g/mol. The fourth-order valence-electron chi connectivity index (χ4n) is 2.15. The monoisotopic (exact) mass is 686 g/mol. The number of esters is 1. The highest BCUT2D eigenvalue weighted by Gasteiger charge is 2.15. The molecular formula is C24H47BrO17. The molecule has 0 saturated heterocycles. The lowest BCUT2D eigenvalue weighted by molar-refractivity contribution is -0.238. The second kappa shape index (κ2) is 33.2. The molecule has 0 amide bonds. The first-order valence-electron chi connectivity index (χ1n) is 12.9. The molecule has 0 spiro atoms. The molecule has 17 nitrogen and oxygen atoms in total. The van der Waals surface area contributed by atoms with Crippen LogP contribution in [0.25, 0.3) is 0 Å².